The van der Waals surface area contributed by atoms with E-state index in [2.05, 4.69) is 0 Å². The number of piperidine rings is 1. The van der Waals surface area contributed by atoms with E-state index in [0.717, 1.165) is 25.9 Å². The van der Waals surface area contributed by atoms with Crippen LogP contribution < -0.4 is 0 Å². The number of nitrogens with zero attached hydrogens (tertiary/aromatic N) is 2. The number of rotatable bonds is 1. The lowest BCUT2D eigenvalue weighted by molar-refractivity contribution is -0.127. The predicted molar refractivity (Wildman–Crippen MR) is 63.6 cm³/mol. The molecule has 3 heteroatoms. The van der Waals surface area contributed by atoms with Gasteiger partial charge in [0.05, 0.1) is 0 Å². The molecule has 0 unspecified atom stereocenters. The van der Waals surface area contributed by atoms with Crippen molar-refractivity contribution < 1.29 is 4.79 Å². The zero-order chi connectivity index (χ0) is 12.2. The van der Waals surface area contributed by atoms with Crippen molar-refractivity contribution in [1.29, 1.82) is 5.26 Å². The molecule has 0 atom stereocenters. The average molecular weight is 220 g/mol. The summed E-state index contributed by atoms with van der Waals surface area (Å²) in [6.45, 7) is 7.57. The number of allylic oxidation sites excluding steroid dienone is 1. The molecule has 3 nitrogen and oxygen atoms in total. The first-order valence-corrected chi connectivity index (χ1v) is 5.86. The van der Waals surface area contributed by atoms with Gasteiger partial charge in [0.1, 0.15) is 11.6 Å². The number of carbonyl (C=O) groups is 1. The van der Waals surface area contributed by atoms with Crippen molar-refractivity contribution >= 4 is 5.91 Å². The maximum Gasteiger partial charge on any atom is 0.264 e. The lowest BCUT2D eigenvalue weighted by atomic mass is 9.93. The predicted octanol–water partition coefficient (Wildman–Crippen LogP) is 2.49. The molecular weight excluding hydrogens is 200 g/mol. The van der Waals surface area contributed by atoms with Gasteiger partial charge in [-0.3, -0.25) is 4.79 Å². The highest BCUT2D eigenvalue weighted by Gasteiger charge is 2.21. The Balaban J connectivity index is 2.77. The third kappa shape index (κ3) is 3.69. The number of carbonyl (C=O) groups excluding carboxylic acids is 1. The van der Waals surface area contributed by atoms with E-state index in [4.69, 9.17) is 5.26 Å². The molecule has 0 bridgehead atoms. The highest BCUT2D eigenvalue weighted by Crippen LogP contribution is 2.19. The molecule has 0 aromatic heterocycles. The molecule has 88 valence electrons. The van der Waals surface area contributed by atoms with Crippen LogP contribution in [0.25, 0.3) is 0 Å². The minimum atomic E-state index is -0.128. The first-order valence-electron chi connectivity index (χ1n) is 5.86. The fourth-order valence-corrected chi connectivity index (χ4v) is 1.84. The third-order valence-electron chi connectivity index (χ3n) is 2.57. The highest BCUT2D eigenvalue weighted by atomic mass is 16.2. The first-order chi connectivity index (χ1) is 7.44. The van der Waals surface area contributed by atoms with Gasteiger partial charge >= 0.3 is 0 Å². The van der Waals surface area contributed by atoms with E-state index < -0.39 is 0 Å². The molecule has 0 aromatic carbocycles. The summed E-state index contributed by atoms with van der Waals surface area (Å²) >= 11 is 0. The molecular formula is C13H20N2O. The third-order valence-corrected chi connectivity index (χ3v) is 2.57. The number of likely N-dealkylation sites (tertiary alicyclic amines) is 1. The van der Waals surface area contributed by atoms with Gasteiger partial charge in [-0.2, -0.15) is 5.26 Å². The van der Waals surface area contributed by atoms with Crippen LogP contribution in [0.4, 0.5) is 0 Å². The summed E-state index contributed by atoms with van der Waals surface area (Å²) in [5.41, 5.74) is 0.158. The number of hydrogen-bond acceptors (Lipinski definition) is 2. The Morgan fingerprint density at radius 3 is 2.25 bits per heavy atom. The molecule has 0 radical (unpaired) electrons. The fraction of sp³-hybridized carbons (Fsp3) is 0.692. The lowest BCUT2D eigenvalue weighted by Crippen LogP contribution is -2.36. The van der Waals surface area contributed by atoms with Gasteiger partial charge < -0.3 is 4.90 Å². The highest BCUT2D eigenvalue weighted by molar-refractivity contribution is 5.97. The smallest absolute Gasteiger partial charge is 0.264 e. The summed E-state index contributed by atoms with van der Waals surface area (Å²) < 4.78 is 0. The molecule has 1 aliphatic rings. The van der Waals surface area contributed by atoms with E-state index >= 15 is 0 Å². The van der Waals surface area contributed by atoms with Crippen molar-refractivity contribution in [3.05, 3.63) is 11.6 Å². The SMILES string of the molecule is CC(C)(C)C=C(C#N)C(=O)N1CCCCC1. The second kappa shape index (κ2) is 5.16. The van der Waals surface area contributed by atoms with Crippen LogP contribution in [-0.2, 0) is 4.79 Å². The molecule has 16 heavy (non-hydrogen) atoms. The van der Waals surface area contributed by atoms with Crippen molar-refractivity contribution in [2.24, 2.45) is 5.41 Å². The van der Waals surface area contributed by atoms with E-state index in [0.29, 0.717) is 0 Å². The molecule has 1 fully saturated rings. The summed E-state index contributed by atoms with van der Waals surface area (Å²) in [6.07, 6.45) is 5.07. The van der Waals surface area contributed by atoms with E-state index in [9.17, 15) is 4.79 Å². The Labute approximate surface area is 97.7 Å². The van der Waals surface area contributed by atoms with E-state index in [-0.39, 0.29) is 16.9 Å². The monoisotopic (exact) mass is 220 g/mol. The van der Waals surface area contributed by atoms with Gasteiger partial charge in [-0.1, -0.05) is 26.8 Å². The molecule has 0 aliphatic carbocycles. The summed E-state index contributed by atoms with van der Waals surface area (Å²) in [5.74, 6) is -0.0999. The maximum atomic E-state index is 12.0. The van der Waals surface area contributed by atoms with Crippen molar-refractivity contribution in [3.63, 3.8) is 0 Å². The van der Waals surface area contributed by atoms with Crippen molar-refractivity contribution in [2.75, 3.05) is 13.1 Å². The zero-order valence-corrected chi connectivity index (χ0v) is 10.4. The van der Waals surface area contributed by atoms with Crippen LogP contribution in [0.1, 0.15) is 40.0 Å². The van der Waals surface area contributed by atoms with E-state index in [1.54, 1.807) is 11.0 Å². The second-order valence-corrected chi connectivity index (χ2v) is 5.39. The summed E-state index contributed by atoms with van der Waals surface area (Å²) in [7, 11) is 0. The molecule has 0 aromatic rings. The molecule has 0 spiro atoms. The summed E-state index contributed by atoms with van der Waals surface area (Å²) in [6, 6.07) is 2.03. The average Bonchev–Trinajstić information content (AvgIpc) is 2.25. The Morgan fingerprint density at radius 1 is 1.25 bits per heavy atom. The molecule has 1 aliphatic heterocycles. The number of nitriles is 1. The van der Waals surface area contributed by atoms with Gasteiger partial charge in [0.2, 0.25) is 0 Å². The second-order valence-electron chi connectivity index (χ2n) is 5.39. The molecule has 1 saturated heterocycles. The molecule has 0 saturated carbocycles. The van der Waals surface area contributed by atoms with Crippen LogP contribution in [0.5, 0.6) is 0 Å². The van der Waals surface area contributed by atoms with Gasteiger partial charge in [0.15, 0.2) is 0 Å². The minimum Gasteiger partial charge on any atom is -0.338 e. The van der Waals surface area contributed by atoms with Crippen LogP contribution in [0, 0.1) is 16.7 Å². The lowest BCUT2D eigenvalue weighted by Gasteiger charge is -2.27. The van der Waals surface area contributed by atoms with Crippen LogP contribution >= 0.6 is 0 Å². The van der Waals surface area contributed by atoms with Gasteiger partial charge in [0, 0.05) is 13.1 Å². The van der Waals surface area contributed by atoms with E-state index in [1.165, 1.54) is 6.42 Å². The molecule has 1 amide bonds. The quantitative estimate of drug-likeness (QED) is 0.503. The zero-order valence-electron chi connectivity index (χ0n) is 10.4. The largest absolute Gasteiger partial charge is 0.338 e. The minimum absolute atomic E-state index is 0.0999. The van der Waals surface area contributed by atoms with Crippen molar-refractivity contribution in [3.8, 4) is 6.07 Å². The number of hydrogen-bond donors (Lipinski definition) is 0. The van der Waals surface area contributed by atoms with Gasteiger partial charge in [-0.05, 0) is 24.7 Å². The molecule has 1 rings (SSSR count). The Bertz CT molecular complexity index is 325. The molecule has 0 N–H and O–H groups in total. The van der Waals surface area contributed by atoms with Crippen LogP contribution in [0.15, 0.2) is 11.6 Å². The first kappa shape index (κ1) is 12.8. The van der Waals surface area contributed by atoms with Crippen molar-refractivity contribution in [2.45, 2.75) is 40.0 Å². The maximum absolute atomic E-state index is 12.0. The fourth-order valence-electron chi connectivity index (χ4n) is 1.84. The standard InChI is InChI=1S/C13H20N2O/c1-13(2,3)9-11(10-14)12(16)15-7-5-4-6-8-15/h9H,4-8H2,1-3H3. The van der Waals surface area contributed by atoms with Crippen LogP contribution in [-0.4, -0.2) is 23.9 Å². The number of amides is 1. The van der Waals surface area contributed by atoms with Gasteiger partial charge in [-0.25, -0.2) is 0 Å². The Hall–Kier alpha value is -1.30. The van der Waals surface area contributed by atoms with Crippen LogP contribution in [0.3, 0.4) is 0 Å². The van der Waals surface area contributed by atoms with Gasteiger partial charge in [0.25, 0.3) is 5.91 Å². The summed E-state index contributed by atoms with van der Waals surface area (Å²) in [5, 5.41) is 9.02. The Kier molecular flexibility index (Phi) is 4.12. The Morgan fingerprint density at radius 2 is 1.81 bits per heavy atom. The van der Waals surface area contributed by atoms with Crippen molar-refractivity contribution in [1.82, 2.24) is 4.90 Å². The van der Waals surface area contributed by atoms with E-state index in [1.807, 2.05) is 26.8 Å². The summed E-state index contributed by atoms with van der Waals surface area (Å²) in [4.78, 5) is 13.8. The topological polar surface area (TPSA) is 44.1 Å². The normalized spacial score (nSPS) is 18.1. The molecule has 1 heterocycles. The van der Waals surface area contributed by atoms with Crippen LogP contribution in [0.2, 0.25) is 0 Å². The van der Waals surface area contributed by atoms with Gasteiger partial charge in [-0.15, -0.1) is 0 Å².